The predicted molar refractivity (Wildman–Crippen MR) is 72.8 cm³/mol. The lowest BCUT2D eigenvalue weighted by Crippen LogP contribution is -2.38. The fourth-order valence-electron chi connectivity index (χ4n) is 1.16. The molecule has 0 aliphatic carbocycles. The molecule has 1 amide bonds. The SMILES string of the molecule is C[S+]([O-])/C=C(\O)CC[C@@H](C#N)NC(=O)OC(C)(C)C. The van der Waals surface area contributed by atoms with Crippen LogP contribution in [0.25, 0.3) is 0 Å². The van der Waals surface area contributed by atoms with Gasteiger partial charge in [0.05, 0.1) is 12.3 Å². The molecule has 19 heavy (non-hydrogen) atoms. The Balaban J connectivity index is 4.24. The Kier molecular flexibility index (Phi) is 7.34. The summed E-state index contributed by atoms with van der Waals surface area (Å²) in [6, 6.07) is 1.13. The third-order valence-electron chi connectivity index (χ3n) is 1.84. The molecule has 1 unspecified atom stereocenters. The number of hydrogen-bond acceptors (Lipinski definition) is 5. The van der Waals surface area contributed by atoms with Crippen molar-refractivity contribution in [3.05, 3.63) is 11.2 Å². The highest BCUT2D eigenvalue weighted by atomic mass is 32.2. The maximum Gasteiger partial charge on any atom is 0.408 e. The highest BCUT2D eigenvalue weighted by Crippen LogP contribution is 2.09. The maximum absolute atomic E-state index is 11.4. The molecule has 2 N–H and O–H groups in total. The van der Waals surface area contributed by atoms with Gasteiger partial charge < -0.3 is 19.7 Å². The van der Waals surface area contributed by atoms with Crippen LogP contribution in [0.3, 0.4) is 0 Å². The second-order valence-electron chi connectivity index (χ2n) is 4.97. The lowest BCUT2D eigenvalue weighted by atomic mass is 10.1. The third kappa shape index (κ3) is 10.2. The molecule has 0 aromatic carbocycles. The number of aliphatic hydroxyl groups is 1. The summed E-state index contributed by atoms with van der Waals surface area (Å²) in [5.41, 5.74) is -0.634. The monoisotopic (exact) mass is 288 g/mol. The zero-order valence-corrected chi connectivity index (χ0v) is 12.4. The summed E-state index contributed by atoms with van der Waals surface area (Å²) in [6.07, 6.45) is 1.13. The lowest BCUT2D eigenvalue weighted by molar-refractivity contribution is 0.0513. The van der Waals surface area contributed by atoms with E-state index >= 15 is 0 Å². The first-order chi connectivity index (χ1) is 8.64. The maximum atomic E-state index is 11.4. The summed E-state index contributed by atoms with van der Waals surface area (Å²) in [6.45, 7) is 5.16. The van der Waals surface area contributed by atoms with E-state index in [0.717, 1.165) is 0 Å². The number of rotatable bonds is 5. The summed E-state index contributed by atoms with van der Waals surface area (Å²) < 4.78 is 15.8. The summed E-state index contributed by atoms with van der Waals surface area (Å²) in [7, 11) is 0. The molecule has 0 bridgehead atoms. The Hall–Kier alpha value is -1.39. The standard InChI is InChI=1S/C12H20N2O4S/c1-12(2,3)18-11(16)14-9(7-13)5-6-10(15)8-19(4)17/h8-9,15H,5-6H2,1-4H3,(H,14,16)/b10-8-/t9-,19?/m0/s1. The van der Waals surface area contributed by atoms with Crippen LogP contribution in [0.4, 0.5) is 4.79 Å². The van der Waals surface area contributed by atoms with Crippen molar-refractivity contribution in [1.82, 2.24) is 5.32 Å². The van der Waals surface area contributed by atoms with Gasteiger partial charge in [-0.1, -0.05) is 0 Å². The molecule has 0 aromatic heterocycles. The van der Waals surface area contributed by atoms with Crippen molar-refractivity contribution < 1.29 is 19.2 Å². The zero-order valence-electron chi connectivity index (χ0n) is 11.6. The van der Waals surface area contributed by atoms with Crippen LogP contribution in [0.2, 0.25) is 0 Å². The van der Waals surface area contributed by atoms with Gasteiger partial charge in [-0.25, -0.2) is 4.79 Å². The highest BCUT2D eigenvalue weighted by Gasteiger charge is 2.19. The predicted octanol–water partition coefficient (Wildman–Crippen LogP) is 1.96. The van der Waals surface area contributed by atoms with Gasteiger partial charge in [0.2, 0.25) is 0 Å². The number of ether oxygens (including phenoxy) is 1. The van der Waals surface area contributed by atoms with Crippen molar-refractivity contribution in [2.45, 2.75) is 45.3 Å². The second-order valence-corrected chi connectivity index (χ2v) is 6.21. The number of amides is 1. The Morgan fingerprint density at radius 3 is 2.63 bits per heavy atom. The van der Waals surface area contributed by atoms with Crippen LogP contribution in [-0.2, 0) is 15.9 Å². The molecule has 108 valence electrons. The highest BCUT2D eigenvalue weighted by molar-refractivity contribution is 7.93. The van der Waals surface area contributed by atoms with Crippen LogP contribution in [-0.4, -0.2) is 33.7 Å². The van der Waals surface area contributed by atoms with Gasteiger partial charge in [-0.3, -0.25) is 0 Å². The van der Waals surface area contributed by atoms with Crippen LogP contribution in [0, 0.1) is 11.3 Å². The quantitative estimate of drug-likeness (QED) is 0.594. The van der Waals surface area contributed by atoms with E-state index in [1.807, 2.05) is 6.07 Å². The van der Waals surface area contributed by atoms with Crippen molar-refractivity contribution >= 4 is 17.3 Å². The fraction of sp³-hybridized carbons (Fsp3) is 0.667. The number of aliphatic hydroxyl groups excluding tert-OH is 1. The number of hydrogen-bond donors (Lipinski definition) is 2. The molecule has 0 fully saturated rings. The molecule has 0 saturated heterocycles. The molecule has 0 spiro atoms. The first kappa shape index (κ1) is 17.6. The van der Waals surface area contributed by atoms with Gasteiger partial charge in [0, 0.05) is 6.42 Å². The van der Waals surface area contributed by atoms with E-state index in [1.165, 1.54) is 11.7 Å². The van der Waals surface area contributed by atoms with Crippen LogP contribution in [0.15, 0.2) is 11.2 Å². The smallest absolute Gasteiger partial charge is 0.408 e. The Morgan fingerprint density at radius 2 is 2.21 bits per heavy atom. The third-order valence-corrected chi connectivity index (χ3v) is 2.44. The second kappa shape index (κ2) is 7.92. The average Bonchev–Trinajstić information content (AvgIpc) is 2.20. The topological polar surface area (TPSA) is 105 Å². The molecule has 0 radical (unpaired) electrons. The van der Waals surface area contributed by atoms with Gasteiger partial charge in [0.25, 0.3) is 0 Å². The van der Waals surface area contributed by atoms with Crippen LogP contribution in [0.5, 0.6) is 0 Å². The van der Waals surface area contributed by atoms with E-state index in [9.17, 15) is 14.5 Å². The van der Waals surface area contributed by atoms with Gasteiger partial charge in [-0.05, 0) is 38.4 Å². The summed E-state index contributed by atoms with van der Waals surface area (Å²) in [5, 5.41) is 21.9. The Bertz CT molecular complexity index is 369. The van der Waals surface area contributed by atoms with E-state index in [-0.39, 0.29) is 18.6 Å². The summed E-state index contributed by atoms with van der Waals surface area (Å²) in [5.74, 6) is -0.0629. The average molecular weight is 288 g/mol. The van der Waals surface area contributed by atoms with E-state index in [2.05, 4.69) is 5.32 Å². The molecule has 0 aliphatic rings. The van der Waals surface area contributed by atoms with Gasteiger partial charge >= 0.3 is 6.09 Å². The number of allylic oxidation sites excluding steroid dienone is 1. The van der Waals surface area contributed by atoms with E-state index in [0.29, 0.717) is 0 Å². The molecule has 0 heterocycles. The van der Waals surface area contributed by atoms with E-state index in [1.54, 1.807) is 20.8 Å². The Morgan fingerprint density at radius 1 is 1.63 bits per heavy atom. The molecule has 2 atom stereocenters. The van der Waals surface area contributed by atoms with Crippen LogP contribution < -0.4 is 5.32 Å². The number of alkyl carbamates (subject to hydrolysis) is 1. The van der Waals surface area contributed by atoms with Crippen molar-refractivity contribution in [3.63, 3.8) is 0 Å². The molecule has 0 aliphatic heterocycles. The number of carbonyl (C=O) groups excluding carboxylic acids is 1. The normalized spacial score (nSPS) is 15.3. The van der Waals surface area contributed by atoms with Crippen molar-refractivity contribution in [2.24, 2.45) is 0 Å². The first-order valence-electron chi connectivity index (χ1n) is 5.75. The lowest BCUT2D eigenvalue weighted by Gasteiger charge is -2.21. The minimum absolute atomic E-state index is 0.0629. The van der Waals surface area contributed by atoms with Crippen LogP contribution >= 0.6 is 0 Å². The van der Waals surface area contributed by atoms with E-state index < -0.39 is 28.9 Å². The minimum Gasteiger partial charge on any atom is -0.612 e. The van der Waals surface area contributed by atoms with Gasteiger partial charge in [-0.2, -0.15) is 5.26 Å². The van der Waals surface area contributed by atoms with Gasteiger partial charge in [-0.15, -0.1) is 0 Å². The molecule has 0 aromatic rings. The summed E-state index contributed by atoms with van der Waals surface area (Å²) in [4.78, 5) is 11.4. The fourth-order valence-corrected chi connectivity index (χ4v) is 1.66. The minimum atomic E-state index is -1.24. The van der Waals surface area contributed by atoms with Crippen molar-refractivity contribution in [2.75, 3.05) is 6.26 Å². The van der Waals surface area contributed by atoms with Crippen molar-refractivity contribution in [3.8, 4) is 6.07 Å². The first-order valence-corrected chi connectivity index (χ1v) is 7.37. The molecule has 0 rings (SSSR count). The molecule has 6 nitrogen and oxygen atoms in total. The molecule has 7 heteroatoms. The Labute approximate surface area is 116 Å². The number of carbonyl (C=O) groups is 1. The van der Waals surface area contributed by atoms with Crippen molar-refractivity contribution in [1.29, 1.82) is 5.26 Å². The number of nitriles is 1. The van der Waals surface area contributed by atoms with Crippen LogP contribution in [0.1, 0.15) is 33.6 Å². The molecule has 0 saturated carbocycles. The number of nitrogens with one attached hydrogen (secondary N) is 1. The molecular weight excluding hydrogens is 268 g/mol. The summed E-state index contributed by atoms with van der Waals surface area (Å²) >= 11 is -1.24. The van der Waals surface area contributed by atoms with E-state index in [4.69, 9.17) is 10.00 Å². The number of nitrogens with zero attached hydrogens (tertiary/aromatic N) is 1. The van der Waals surface area contributed by atoms with Gasteiger partial charge in [0.1, 0.15) is 17.4 Å². The largest absolute Gasteiger partial charge is 0.612 e. The zero-order chi connectivity index (χ0) is 15.1. The van der Waals surface area contributed by atoms with Gasteiger partial charge in [0.15, 0.2) is 5.41 Å². The molecular formula is C12H20N2O4S.